The first-order valence-electron chi connectivity index (χ1n) is 10.0. The van der Waals surface area contributed by atoms with E-state index in [9.17, 15) is 4.79 Å². The lowest BCUT2D eigenvalue weighted by molar-refractivity contribution is 0.102. The number of anilines is 1. The monoisotopic (exact) mass is 424 g/mol. The molecule has 6 heteroatoms. The van der Waals surface area contributed by atoms with Gasteiger partial charge < -0.3 is 14.8 Å². The van der Waals surface area contributed by atoms with E-state index in [-0.39, 0.29) is 11.3 Å². The van der Waals surface area contributed by atoms with Crippen molar-refractivity contribution in [3.05, 3.63) is 69.7 Å². The summed E-state index contributed by atoms with van der Waals surface area (Å²) in [6.07, 6.45) is 0. The van der Waals surface area contributed by atoms with Crippen molar-refractivity contribution in [3.63, 3.8) is 0 Å². The Morgan fingerprint density at radius 1 is 1.07 bits per heavy atom. The van der Waals surface area contributed by atoms with Crippen LogP contribution in [-0.4, -0.2) is 17.5 Å². The standard InChI is InChI=1S/C24H28N2O3S/c1-6-28-20-10-8-7-9-19(20)26-23(27)22-16(2)25-21(30-22)15-29-18-13-11-17(12-14-18)24(3,4)5/h7-14H,6,15H2,1-5H3,(H,26,27). The predicted octanol–water partition coefficient (Wildman–Crippen LogP) is 5.98. The van der Waals surface area contributed by atoms with Crippen LogP contribution in [0.2, 0.25) is 0 Å². The SMILES string of the molecule is CCOc1ccccc1NC(=O)c1sc(COc2ccc(C(C)(C)C)cc2)nc1C. The van der Waals surface area contributed by atoms with Crippen molar-refractivity contribution in [2.75, 3.05) is 11.9 Å². The predicted molar refractivity (Wildman–Crippen MR) is 122 cm³/mol. The van der Waals surface area contributed by atoms with Crippen LogP contribution in [-0.2, 0) is 12.0 Å². The first-order chi connectivity index (χ1) is 14.3. The summed E-state index contributed by atoms with van der Waals surface area (Å²) in [4.78, 5) is 17.9. The molecule has 3 rings (SSSR count). The molecule has 0 aliphatic carbocycles. The number of carbonyl (C=O) groups is 1. The van der Waals surface area contributed by atoms with Crippen LogP contribution < -0.4 is 14.8 Å². The summed E-state index contributed by atoms with van der Waals surface area (Å²) in [7, 11) is 0. The van der Waals surface area contributed by atoms with Gasteiger partial charge in [0.1, 0.15) is 28.0 Å². The molecule has 158 valence electrons. The van der Waals surface area contributed by atoms with Crippen LogP contribution in [0.3, 0.4) is 0 Å². The summed E-state index contributed by atoms with van der Waals surface area (Å²) >= 11 is 1.34. The van der Waals surface area contributed by atoms with E-state index in [1.165, 1.54) is 16.9 Å². The highest BCUT2D eigenvalue weighted by Crippen LogP contribution is 2.27. The zero-order valence-corrected chi connectivity index (χ0v) is 18.9. The van der Waals surface area contributed by atoms with Crippen LogP contribution in [0.25, 0.3) is 0 Å². The number of thiazole rings is 1. The number of benzene rings is 2. The van der Waals surface area contributed by atoms with Crippen molar-refractivity contribution in [2.24, 2.45) is 0 Å². The van der Waals surface area contributed by atoms with Gasteiger partial charge in [-0.2, -0.15) is 0 Å². The van der Waals surface area contributed by atoms with Crippen molar-refractivity contribution in [3.8, 4) is 11.5 Å². The number of amides is 1. The highest BCUT2D eigenvalue weighted by molar-refractivity contribution is 7.13. The van der Waals surface area contributed by atoms with Gasteiger partial charge in [0.25, 0.3) is 5.91 Å². The molecule has 0 aliphatic rings. The van der Waals surface area contributed by atoms with Crippen molar-refractivity contribution >= 4 is 22.9 Å². The second kappa shape index (κ2) is 9.30. The summed E-state index contributed by atoms with van der Waals surface area (Å²) in [6.45, 7) is 11.1. The number of aryl methyl sites for hydroxylation is 1. The number of nitrogens with zero attached hydrogens (tertiary/aromatic N) is 1. The number of hydrogen-bond donors (Lipinski definition) is 1. The second-order valence-corrected chi connectivity index (χ2v) is 9.05. The molecule has 5 nitrogen and oxygen atoms in total. The maximum atomic E-state index is 12.8. The summed E-state index contributed by atoms with van der Waals surface area (Å²) in [5, 5.41) is 3.69. The lowest BCUT2D eigenvalue weighted by Crippen LogP contribution is -2.12. The molecule has 1 amide bonds. The third-order valence-corrected chi connectivity index (χ3v) is 5.69. The minimum Gasteiger partial charge on any atom is -0.492 e. The molecule has 0 spiro atoms. The molecule has 1 heterocycles. The third-order valence-electron chi connectivity index (χ3n) is 4.56. The summed E-state index contributed by atoms with van der Waals surface area (Å²) in [5.41, 5.74) is 2.70. The molecule has 0 radical (unpaired) electrons. The van der Waals surface area contributed by atoms with E-state index < -0.39 is 0 Å². The van der Waals surface area contributed by atoms with E-state index >= 15 is 0 Å². The Kier molecular flexibility index (Phi) is 6.77. The average molecular weight is 425 g/mol. The van der Waals surface area contributed by atoms with Crippen LogP contribution in [0.4, 0.5) is 5.69 Å². The number of rotatable bonds is 7. The van der Waals surface area contributed by atoms with Gasteiger partial charge in [-0.3, -0.25) is 4.79 Å². The van der Waals surface area contributed by atoms with E-state index in [2.05, 4.69) is 43.2 Å². The number of hydrogen-bond acceptors (Lipinski definition) is 5. The lowest BCUT2D eigenvalue weighted by Gasteiger charge is -2.19. The normalized spacial score (nSPS) is 11.2. The van der Waals surface area contributed by atoms with Gasteiger partial charge in [-0.25, -0.2) is 4.98 Å². The molecule has 0 aliphatic heterocycles. The van der Waals surface area contributed by atoms with Gasteiger partial charge in [0.05, 0.1) is 18.0 Å². The lowest BCUT2D eigenvalue weighted by atomic mass is 9.87. The zero-order valence-electron chi connectivity index (χ0n) is 18.1. The molecule has 2 aromatic carbocycles. The van der Waals surface area contributed by atoms with Crippen molar-refractivity contribution in [1.82, 2.24) is 4.98 Å². The molecule has 3 aromatic rings. The van der Waals surface area contributed by atoms with E-state index in [1.54, 1.807) is 0 Å². The Morgan fingerprint density at radius 2 is 1.77 bits per heavy atom. The molecule has 1 aromatic heterocycles. The number of nitrogens with one attached hydrogen (secondary N) is 1. The van der Waals surface area contributed by atoms with Gasteiger partial charge in [0.2, 0.25) is 0 Å². The Labute approximate surface area is 182 Å². The number of aromatic nitrogens is 1. The Hall–Kier alpha value is -2.86. The van der Waals surface area contributed by atoms with E-state index in [0.29, 0.717) is 35.2 Å². The fourth-order valence-electron chi connectivity index (χ4n) is 2.95. The Bertz CT molecular complexity index is 1000. The minimum atomic E-state index is -0.196. The van der Waals surface area contributed by atoms with Crippen LogP contribution >= 0.6 is 11.3 Å². The van der Waals surface area contributed by atoms with Crippen molar-refractivity contribution < 1.29 is 14.3 Å². The maximum absolute atomic E-state index is 12.8. The summed E-state index contributed by atoms with van der Waals surface area (Å²) < 4.78 is 11.5. The van der Waals surface area contributed by atoms with E-state index in [0.717, 1.165) is 10.8 Å². The molecule has 0 atom stereocenters. The average Bonchev–Trinajstić information content (AvgIpc) is 3.08. The Balaban J connectivity index is 1.66. The molecule has 1 N–H and O–H groups in total. The highest BCUT2D eigenvalue weighted by Gasteiger charge is 2.18. The molecule has 0 saturated heterocycles. The van der Waals surface area contributed by atoms with Crippen LogP contribution in [0.15, 0.2) is 48.5 Å². The molecule has 0 fully saturated rings. The van der Waals surface area contributed by atoms with E-state index in [4.69, 9.17) is 9.47 Å². The molecule has 30 heavy (non-hydrogen) atoms. The molecule has 0 saturated carbocycles. The van der Waals surface area contributed by atoms with E-state index in [1.807, 2.05) is 50.2 Å². The topological polar surface area (TPSA) is 60.5 Å². The number of para-hydroxylation sites is 2. The van der Waals surface area contributed by atoms with Gasteiger partial charge in [-0.15, -0.1) is 11.3 Å². The largest absolute Gasteiger partial charge is 0.492 e. The first kappa shape index (κ1) is 21.8. The first-order valence-corrected chi connectivity index (χ1v) is 10.8. The maximum Gasteiger partial charge on any atom is 0.267 e. The molecule has 0 unspecified atom stereocenters. The van der Waals surface area contributed by atoms with Crippen molar-refractivity contribution in [1.29, 1.82) is 0 Å². The highest BCUT2D eigenvalue weighted by atomic mass is 32.1. The zero-order chi connectivity index (χ0) is 21.7. The quantitative estimate of drug-likeness (QED) is 0.507. The molecular formula is C24H28N2O3S. The van der Waals surface area contributed by atoms with Gasteiger partial charge in [0, 0.05) is 0 Å². The fraction of sp³-hybridized carbons (Fsp3) is 0.333. The van der Waals surface area contributed by atoms with Crippen molar-refractivity contribution in [2.45, 2.75) is 46.6 Å². The number of ether oxygens (including phenoxy) is 2. The Morgan fingerprint density at radius 3 is 2.43 bits per heavy atom. The smallest absolute Gasteiger partial charge is 0.267 e. The summed E-state index contributed by atoms with van der Waals surface area (Å²) in [5.74, 6) is 1.24. The molecule has 0 bridgehead atoms. The second-order valence-electron chi connectivity index (χ2n) is 7.97. The van der Waals surface area contributed by atoms with Crippen LogP contribution in [0.1, 0.15) is 53.6 Å². The van der Waals surface area contributed by atoms with Gasteiger partial charge in [0.15, 0.2) is 0 Å². The van der Waals surface area contributed by atoms with Crippen LogP contribution in [0.5, 0.6) is 11.5 Å². The van der Waals surface area contributed by atoms with Crippen LogP contribution in [0, 0.1) is 6.92 Å². The molecular weight excluding hydrogens is 396 g/mol. The number of carbonyl (C=O) groups excluding carboxylic acids is 1. The summed E-state index contributed by atoms with van der Waals surface area (Å²) in [6, 6.07) is 15.5. The van der Waals surface area contributed by atoms with Gasteiger partial charge in [-0.1, -0.05) is 45.0 Å². The minimum absolute atomic E-state index is 0.105. The fourth-order valence-corrected chi connectivity index (χ4v) is 3.82. The third kappa shape index (κ3) is 5.39. The van der Waals surface area contributed by atoms with Gasteiger partial charge >= 0.3 is 0 Å². The van der Waals surface area contributed by atoms with Gasteiger partial charge in [-0.05, 0) is 49.1 Å².